The Kier molecular flexibility index (Phi) is 2.90. The van der Waals surface area contributed by atoms with Crippen LogP contribution in [0.1, 0.15) is 22.3 Å². The van der Waals surface area contributed by atoms with Crippen LogP contribution in [0.4, 0.5) is 0 Å². The van der Waals surface area contributed by atoms with Crippen molar-refractivity contribution in [1.29, 1.82) is 0 Å². The molecule has 1 rings (SSSR count). The zero-order valence-electron chi connectivity index (χ0n) is 7.83. The van der Waals surface area contributed by atoms with Crippen LogP contribution in [0.5, 0.6) is 5.75 Å². The first-order valence-electron chi connectivity index (χ1n) is 4.14. The molecule has 0 saturated heterocycles. The Bertz CT molecular complexity index is 290. The minimum atomic E-state index is -0.203. The maximum atomic E-state index is 9.45. The van der Waals surface area contributed by atoms with Crippen molar-refractivity contribution in [3.8, 4) is 5.75 Å². The lowest BCUT2D eigenvalue weighted by molar-refractivity contribution is 0.268. The van der Waals surface area contributed by atoms with Gasteiger partial charge in [-0.15, -0.1) is 0 Å². The summed E-state index contributed by atoms with van der Waals surface area (Å²) in [7, 11) is 0. The lowest BCUT2D eigenvalue weighted by atomic mass is 9.97. The van der Waals surface area contributed by atoms with Gasteiger partial charge in [-0.25, -0.2) is 0 Å². The van der Waals surface area contributed by atoms with Crippen molar-refractivity contribution in [2.45, 2.75) is 27.1 Å². The molecule has 0 aliphatic heterocycles. The molecule has 0 heterocycles. The number of aromatic hydroxyl groups is 1. The van der Waals surface area contributed by atoms with E-state index in [1.807, 2.05) is 6.92 Å². The third kappa shape index (κ3) is 1.66. The number of aryl methyl sites for hydroxylation is 1. The summed E-state index contributed by atoms with van der Waals surface area (Å²) < 4.78 is 0. The number of hydrogen-bond donors (Lipinski definition) is 3. The number of rotatable bonds is 2. The molecule has 1 aromatic carbocycles. The monoisotopic (exact) mass is 182 g/mol. The van der Waals surface area contributed by atoms with Crippen molar-refractivity contribution >= 4 is 0 Å². The Hall–Kier alpha value is -1.06. The second-order valence-corrected chi connectivity index (χ2v) is 3.11. The summed E-state index contributed by atoms with van der Waals surface area (Å²) in [6, 6.07) is 1.56. The van der Waals surface area contributed by atoms with Gasteiger partial charge in [0.25, 0.3) is 0 Å². The van der Waals surface area contributed by atoms with Gasteiger partial charge >= 0.3 is 0 Å². The van der Waals surface area contributed by atoms with E-state index >= 15 is 0 Å². The molecule has 3 heteroatoms. The van der Waals surface area contributed by atoms with Gasteiger partial charge in [-0.3, -0.25) is 0 Å². The molecule has 0 fully saturated rings. The number of phenols is 1. The first-order valence-corrected chi connectivity index (χ1v) is 4.14. The van der Waals surface area contributed by atoms with E-state index in [0.29, 0.717) is 5.56 Å². The van der Waals surface area contributed by atoms with Crippen LogP contribution in [0, 0.1) is 13.8 Å². The van der Waals surface area contributed by atoms with Crippen LogP contribution < -0.4 is 0 Å². The molecule has 13 heavy (non-hydrogen) atoms. The van der Waals surface area contributed by atoms with E-state index in [-0.39, 0.29) is 19.0 Å². The summed E-state index contributed by atoms with van der Waals surface area (Å²) >= 11 is 0. The highest BCUT2D eigenvalue weighted by Crippen LogP contribution is 2.27. The third-order valence-electron chi connectivity index (χ3n) is 2.36. The highest BCUT2D eigenvalue weighted by Gasteiger charge is 2.10. The normalized spacial score (nSPS) is 10.5. The average molecular weight is 182 g/mol. The van der Waals surface area contributed by atoms with Crippen molar-refractivity contribution in [3.63, 3.8) is 0 Å². The summed E-state index contributed by atoms with van der Waals surface area (Å²) in [6.45, 7) is 3.33. The van der Waals surface area contributed by atoms with Gasteiger partial charge in [-0.05, 0) is 36.6 Å². The maximum Gasteiger partial charge on any atom is 0.121 e. The fourth-order valence-corrected chi connectivity index (χ4v) is 1.49. The fraction of sp³-hybridized carbons (Fsp3) is 0.400. The van der Waals surface area contributed by atoms with Gasteiger partial charge in [-0.1, -0.05) is 0 Å². The zero-order valence-corrected chi connectivity index (χ0v) is 7.83. The topological polar surface area (TPSA) is 60.7 Å². The molecule has 0 aromatic heterocycles. The Labute approximate surface area is 77.3 Å². The van der Waals surface area contributed by atoms with Gasteiger partial charge in [0.15, 0.2) is 0 Å². The standard InChI is InChI=1S/C10H14O3/c1-6-3-10(13)9(5-12)7(2)8(6)4-11/h3,11-13H,4-5H2,1-2H3. The predicted molar refractivity (Wildman–Crippen MR) is 49.4 cm³/mol. The van der Waals surface area contributed by atoms with Crippen molar-refractivity contribution in [3.05, 3.63) is 28.3 Å². The van der Waals surface area contributed by atoms with Gasteiger partial charge in [0.2, 0.25) is 0 Å². The van der Waals surface area contributed by atoms with Crippen molar-refractivity contribution in [2.24, 2.45) is 0 Å². The molecule has 0 unspecified atom stereocenters. The van der Waals surface area contributed by atoms with E-state index in [2.05, 4.69) is 0 Å². The molecule has 1 aromatic rings. The number of aliphatic hydroxyl groups is 2. The Balaban J connectivity index is 3.39. The molecule has 0 spiro atoms. The van der Waals surface area contributed by atoms with Crippen LogP contribution in [-0.4, -0.2) is 15.3 Å². The van der Waals surface area contributed by atoms with Gasteiger partial charge in [0.1, 0.15) is 5.75 Å². The summed E-state index contributed by atoms with van der Waals surface area (Å²) in [5.41, 5.74) is 2.88. The number of benzene rings is 1. The Morgan fingerprint density at radius 1 is 1.08 bits per heavy atom. The average Bonchev–Trinajstić information content (AvgIpc) is 2.04. The van der Waals surface area contributed by atoms with E-state index in [1.54, 1.807) is 13.0 Å². The quantitative estimate of drug-likeness (QED) is 0.639. The summed E-state index contributed by atoms with van der Waals surface area (Å²) in [5, 5.41) is 27.5. The number of aliphatic hydroxyl groups excluding tert-OH is 2. The zero-order chi connectivity index (χ0) is 10.0. The van der Waals surface area contributed by atoms with Crippen LogP contribution in [0.25, 0.3) is 0 Å². The maximum absolute atomic E-state index is 9.45. The number of hydrogen-bond acceptors (Lipinski definition) is 3. The second kappa shape index (κ2) is 3.77. The molecule has 0 aliphatic rings. The van der Waals surface area contributed by atoms with Gasteiger partial charge in [0, 0.05) is 5.56 Å². The molecule has 3 N–H and O–H groups in total. The first kappa shape index (κ1) is 10.0. The molecular formula is C10H14O3. The van der Waals surface area contributed by atoms with E-state index in [9.17, 15) is 5.11 Å². The van der Waals surface area contributed by atoms with Crippen LogP contribution in [0.15, 0.2) is 6.07 Å². The Morgan fingerprint density at radius 2 is 1.62 bits per heavy atom. The summed E-state index contributed by atoms with van der Waals surface area (Å²) in [5.74, 6) is 0.0923. The minimum absolute atomic E-state index is 0.0645. The van der Waals surface area contributed by atoms with Gasteiger partial charge in [0.05, 0.1) is 13.2 Å². The molecule has 0 amide bonds. The van der Waals surface area contributed by atoms with E-state index in [0.717, 1.165) is 16.7 Å². The van der Waals surface area contributed by atoms with Crippen molar-refractivity contribution in [1.82, 2.24) is 0 Å². The summed E-state index contributed by atoms with van der Waals surface area (Å²) in [4.78, 5) is 0. The molecule has 0 bridgehead atoms. The third-order valence-corrected chi connectivity index (χ3v) is 2.36. The minimum Gasteiger partial charge on any atom is -0.508 e. The van der Waals surface area contributed by atoms with E-state index in [1.165, 1.54) is 0 Å². The van der Waals surface area contributed by atoms with E-state index < -0.39 is 0 Å². The summed E-state index contributed by atoms with van der Waals surface area (Å²) in [6.07, 6.45) is 0. The lowest BCUT2D eigenvalue weighted by Gasteiger charge is -2.12. The molecular weight excluding hydrogens is 168 g/mol. The Morgan fingerprint density at radius 3 is 2.08 bits per heavy atom. The SMILES string of the molecule is Cc1cc(O)c(CO)c(C)c1CO. The fourth-order valence-electron chi connectivity index (χ4n) is 1.49. The molecule has 0 atom stereocenters. The first-order chi connectivity index (χ1) is 6.11. The lowest BCUT2D eigenvalue weighted by Crippen LogP contribution is -1.99. The van der Waals surface area contributed by atoms with Crippen LogP contribution >= 0.6 is 0 Å². The second-order valence-electron chi connectivity index (χ2n) is 3.11. The largest absolute Gasteiger partial charge is 0.508 e. The van der Waals surface area contributed by atoms with Gasteiger partial charge < -0.3 is 15.3 Å². The highest BCUT2D eigenvalue weighted by molar-refractivity contribution is 5.47. The van der Waals surface area contributed by atoms with Crippen LogP contribution in [-0.2, 0) is 13.2 Å². The van der Waals surface area contributed by atoms with Crippen LogP contribution in [0.3, 0.4) is 0 Å². The molecule has 3 nitrogen and oxygen atoms in total. The van der Waals surface area contributed by atoms with E-state index in [4.69, 9.17) is 10.2 Å². The molecule has 72 valence electrons. The molecule has 0 aliphatic carbocycles. The van der Waals surface area contributed by atoms with Gasteiger partial charge in [-0.2, -0.15) is 0 Å². The van der Waals surface area contributed by atoms with Crippen LogP contribution in [0.2, 0.25) is 0 Å². The van der Waals surface area contributed by atoms with Crippen molar-refractivity contribution < 1.29 is 15.3 Å². The molecule has 0 radical (unpaired) electrons. The smallest absolute Gasteiger partial charge is 0.121 e. The van der Waals surface area contributed by atoms with Crippen molar-refractivity contribution in [2.75, 3.05) is 0 Å². The molecule has 0 saturated carbocycles. The highest BCUT2D eigenvalue weighted by atomic mass is 16.3. The predicted octanol–water partition coefficient (Wildman–Crippen LogP) is 0.994.